The number of thiophene rings is 1. The van der Waals surface area contributed by atoms with Gasteiger partial charge in [0.25, 0.3) is 5.91 Å². The Morgan fingerprint density at radius 1 is 1.44 bits per heavy atom. The van der Waals surface area contributed by atoms with Crippen molar-refractivity contribution in [2.45, 2.75) is 6.54 Å². The van der Waals surface area contributed by atoms with Gasteiger partial charge in [-0.1, -0.05) is 0 Å². The van der Waals surface area contributed by atoms with Gasteiger partial charge < -0.3 is 11.1 Å². The Labute approximate surface area is 97.1 Å². The number of carbonyl (C=O) groups excluding carboxylic acids is 1. The van der Waals surface area contributed by atoms with E-state index in [-0.39, 0.29) is 5.91 Å². The lowest BCUT2D eigenvalue weighted by molar-refractivity contribution is 0.0950. The highest BCUT2D eigenvalue weighted by molar-refractivity contribution is 7.07. The molecule has 0 spiro atoms. The van der Waals surface area contributed by atoms with Crippen molar-refractivity contribution in [3.63, 3.8) is 0 Å². The number of rotatable bonds is 3. The average Bonchev–Trinajstić information content (AvgIpc) is 2.80. The molecule has 0 radical (unpaired) electrons. The minimum atomic E-state index is -0.140. The Hall–Kier alpha value is -1.88. The van der Waals surface area contributed by atoms with Crippen LogP contribution in [-0.4, -0.2) is 10.9 Å². The normalized spacial score (nSPS) is 10.0. The van der Waals surface area contributed by atoms with Crippen molar-refractivity contribution in [3.8, 4) is 0 Å². The van der Waals surface area contributed by atoms with E-state index in [1.54, 1.807) is 23.5 Å². The third-order valence-electron chi connectivity index (χ3n) is 2.08. The molecule has 2 heterocycles. The molecule has 0 aromatic carbocycles. The van der Waals surface area contributed by atoms with Crippen molar-refractivity contribution in [1.82, 2.24) is 10.3 Å². The quantitative estimate of drug-likeness (QED) is 0.847. The molecule has 0 atom stereocenters. The summed E-state index contributed by atoms with van der Waals surface area (Å²) in [7, 11) is 0. The number of hydrogen-bond donors (Lipinski definition) is 2. The number of nitrogen functional groups attached to an aromatic ring is 1. The Morgan fingerprint density at radius 2 is 2.31 bits per heavy atom. The van der Waals surface area contributed by atoms with Gasteiger partial charge in [-0.3, -0.25) is 4.79 Å². The molecule has 0 aliphatic carbocycles. The van der Waals surface area contributed by atoms with Crippen LogP contribution in [0.5, 0.6) is 0 Å². The molecule has 0 aliphatic heterocycles. The summed E-state index contributed by atoms with van der Waals surface area (Å²) in [4.78, 5) is 15.5. The van der Waals surface area contributed by atoms with Crippen molar-refractivity contribution in [2.75, 3.05) is 5.73 Å². The number of nitrogens with one attached hydrogen (secondary N) is 1. The van der Waals surface area contributed by atoms with Crippen molar-refractivity contribution in [3.05, 3.63) is 46.3 Å². The van der Waals surface area contributed by atoms with Crippen LogP contribution < -0.4 is 11.1 Å². The first-order valence-electron chi connectivity index (χ1n) is 4.76. The number of amides is 1. The highest BCUT2D eigenvalue weighted by Crippen LogP contribution is 2.06. The van der Waals surface area contributed by atoms with Gasteiger partial charge >= 0.3 is 0 Å². The molecule has 2 aromatic heterocycles. The Bertz CT molecular complexity index is 464. The van der Waals surface area contributed by atoms with Crippen molar-refractivity contribution < 1.29 is 4.79 Å². The molecule has 82 valence electrons. The zero-order valence-corrected chi connectivity index (χ0v) is 9.33. The number of carbonyl (C=O) groups is 1. The van der Waals surface area contributed by atoms with Crippen molar-refractivity contribution in [2.24, 2.45) is 0 Å². The van der Waals surface area contributed by atoms with Crippen LogP contribution >= 0.6 is 11.3 Å². The summed E-state index contributed by atoms with van der Waals surface area (Å²) in [5, 5.41) is 6.79. The largest absolute Gasteiger partial charge is 0.384 e. The summed E-state index contributed by atoms with van der Waals surface area (Å²) in [6.07, 6.45) is 1.47. The first-order chi connectivity index (χ1) is 7.75. The van der Waals surface area contributed by atoms with E-state index in [4.69, 9.17) is 5.73 Å². The van der Waals surface area contributed by atoms with Crippen LogP contribution in [-0.2, 0) is 6.54 Å². The lowest BCUT2D eigenvalue weighted by Gasteiger charge is -2.03. The molecule has 16 heavy (non-hydrogen) atoms. The van der Waals surface area contributed by atoms with E-state index in [0.717, 1.165) is 5.56 Å². The van der Waals surface area contributed by atoms with Gasteiger partial charge in [0.1, 0.15) is 5.82 Å². The third kappa shape index (κ3) is 2.58. The molecule has 0 fully saturated rings. The van der Waals surface area contributed by atoms with E-state index in [2.05, 4.69) is 10.3 Å². The van der Waals surface area contributed by atoms with E-state index in [0.29, 0.717) is 17.9 Å². The first kappa shape index (κ1) is 10.6. The van der Waals surface area contributed by atoms with Gasteiger partial charge in [-0.2, -0.15) is 11.3 Å². The zero-order valence-electron chi connectivity index (χ0n) is 8.51. The maximum atomic E-state index is 11.7. The number of hydrogen-bond acceptors (Lipinski definition) is 4. The van der Waals surface area contributed by atoms with Gasteiger partial charge in [-0.25, -0.2) is 4.98 Å². The van der Waals surface area contributed by atoms with Gasteiger partial charge in [-0.15, -0.1) is 0 Å². The highest BCUT2D eigenvalue weighted by atomic mass is 32.1. The maximum absolute atomic E-state index is 11.7. The SMILES string of the molecule is Nc1ccc(C(=O)NCc2ccsc2)cn1. The maximum Gasteiger partial charge on any atom is 0.253 e. The molecule has 0 aliphatic rings. The molecule has 0 saturated heterocycles. The predicted molar refractivity (Wildman–Crippen MR) is 64.1 cm³/mol. The summed E-state index contributed by atoms with van der Waals surface area (Å²) in [5.74, 6) is 0.271. The summed E-state index contributed by atoms with van der Waals surface area (Å²) in [6.45, 7) is 0.534. The lowest BCUT2D eigenvalue weighted by atomic mass is 10.2. The van der Waals surface area contributed by atoms with Crippen LogP contribution in [0.4, 0.5) is 5.82 Å². The number of nitrogens with zero attached hydrogens (tertiary/aromatic N) is 1. The monoisotopic (exact) mass is 233 g/mol. The van der Waals surface area contributed by atoms with Crippen molar-refractivity contribution >= 4 is 23.1 Å². The van der Waals surface area contributed by atoms with Gasteiger partial charge in [0.05, 0.1) is 5.56 Å². The van der Waals surface area contributed by atoms with E-state index in [9.17, 15) is 4.79 Å². The lowest BCUT2D eigenvalue weighted by Crippen LogP contribution is -2.22. The predicted octanol–water partition coefficient (Wildman–Crippen LogP) is 1.66. The fourth-order valence-electron chi connectivity index (χ4n) is 1.22. The Balaban J connectivity index is 1.95. The minimum absolute atomic E-state index is 0.140. The van der Waals surface area contributed by atoms with Crippen LogP contribution in [0.3, 0.4) is 0 Å². The fourth-order valence-corrected chi connectivity index (χ4v) is 1.89. The first-order valence-corrected chi connectivity index (χ1v) is 5.71. The third-order valence-corrected chi connectivity index (χ3v) is 2.81. The van der Waals surface area contributed by atoms with Crippen LogP contribution in [0.1, 0.15) is 15.9 Å². The molecule has 2 rings (SSSR count). The van der Waals surface area contributed by atoms with E-state index >= 15 is 0 Å². The molecular weight excluding hydrogens is 222 g/mol. The smallest absolute Gasteiger partial charge is 0.253 e. The molecule has 0 unspecified atom stereocenters. The second-order valence-electron chi connectivity index (χ2n) is 3.29. The van der Waals surface area contributed by atoms with Crippen LogP contribution in [0, 0.1) is 0 Å². The van der Waals surface area contributed by atoms with Crippen molar-refractivity contribution in [1.29, 1.82) is 0 Å². The van der Waals surface area contributed by atoms with Gasteiger partial charge in [0.15, 0.2) is 0 Å². The van der Waals surface area contributed by atoms with Crippen LogP contribution in [0.2, 0.25) is 0 Å². The number of anilines is 1. The fraction of sp³-hybridized carbons (Fsp3) is 0.0909. The summed E-state index contributed by atoms with van der Waals surface area (Å²) >= 11 is 1.61. The van der Waals surface area contributed by atoms with Gasteiger partial charge in [0.2, 0.25) is 0 Å². The molecular formula is C11H11N3OS. The standard InChI is InChI=1S/C11H11N3OS/c12-10-2-1-9(6-13-10)11(15)14-5-8-3-4-16-7-8/h1-4,6-7H,5H2,(H2,12,13)(H,14,15). The molecule has 4 nitrogen and oxygen atoms in total. The van der Waals surface area contributed by atoms with Crippen LogP contribution in [0.15, 0.2) is 35.2 Å². The van der Waals surface area contributed by atoms with Gasteiger partial charge in [-0.05, 0) is 34.5 Å². The number of aromatic nitrogens is 1. The summed E-state index contributed by atoms with van der Waals surface area (Å²) in [5.41, 5.74) is 7.05. The van der Waals surface area contributed by atoms with E-state index in [1.165, 1.54) is 6.20 Å². The Kier molecular flexibility index (Phi) is 3.16. The molecule has 0 saturated carbocycles. The summed E-state index contributed by atoms with van der Waals surface area (Å²) in [6, 6.07) is 5.25. The van der Waals surface area contributed by atoms with E-state index < -0.39 is 0 Å². The average molecular weight is 233 g/mol. The second kappa shape index (κ2) is 4.76. The van der Waals surface area contributed by atoms with Crippen LogP contribution in [0.25, 0.3) is 0 Å². The number of nitrogens with two attached hydrogens (primary N) is 1. The zero-order chi connectivity index (χ0) is 11.4. The second-order valence-corrected chi connectivity index (χ2v) is 4.07. The minimum Gasteiger partial charge on any atom is -0.384 e. The molecule has 1 amide bonds. The Morgan fingerprint density at radius 3 is 2.94 bits per heavy atom. The molecule has 0 bridgehead atoms. The highest BCUT2D eigenvalue weighted by Gasteiger charge is 2.05. The van der Waals surface area contributed by atoms with Gasteiger partial charge in [0, 0.05) is 12.7 Å². The molecule has 3 N–H and O–H groups in total. The number of pyridine rings is 1. The molecule has 2 aromatic rings. The van der Waals surface area contributed by atoms with E-state index in [1.807, 2.05) is 16.8 Å². The summed E-state index contributed by atoms with van der Waals surface area (Å²) < 4.78 is 0. The topological polar surface area (TPSA) is 68.0 Å². The molecule has 5 heteroatoms.